The fraction of sp³-hybridized carbons (Fsp3) is 0.667. The Kier molecular flexibility index (Phi) is 3.64. The van der Waals surface area contributed by atoms with Crippen molar-refractivity contribution in [2.45, 2.75) is 46.6 Å². The Bertz CT molecular complexity index is 502. The molecular formula is C18H27NO. The van der Waals surface area contributed by atoms with Gasteiger partial charge in [-0.2, -0.15) is 0 Å². The third-order valence-electron chi connectivity index (χ3n) is 4.81. The molecular weight excluding hydrogens is 246 g/mol. The summed E-state index contributed by atoms with van der Waals surface area (Å²) in [5, 5.41) is 0. The van der Waals surface area contributed by atoms with Gasteiger partial charge in [-0.15, -0.1) is 0 Å². The number of aryl methyl sites for hydroxylation is 1. The molecule has 0 saturated carbocycles. The van der Waals surface area contributed by atoms with Crippen LogP contribution in [0.2, 0.25) is 0 Å². The van der Waals surface area contributed by atoms with Crippen LogP contribution in [0.25, 0.3) is 0 Å². The van der Waals surface area contributed by atoms with Gasteiger partial charge in [0.15, 0.2) is 0 Å². The van der Waals surface area contributed by atoms with Gasteiger partial charge in [0.05, 0.1) is 13.2 Å². The lowest BCUT2D eigenvalue weighted by atomic mass is 9.86. The average molecular weight is 273 g/mol. The van der Waals surface area contributed by atoms with Crippen molar-refractivity contribution in [1.82, 2.24) is 4.90 Å². The fourth-order valence-corrected chi connectivity index (χ4v) is 3.65. The molecule has 0 aliphatic carbocycles. The maximum absolute atomic E-state index is 5.38. The first-order valence-corrected chi connectivity index (χ1v) is 7.89. The van der Waals surface area contributed by atoms with Gasteiger partial charge in [0.2, 0.25) is 0 Å². The summed E-state index contributed by atoms with van der Waals surface area (Å²) < 4.78 is 5.38. The number of rotatable bonds is 3. The highest BCUT2D eigenvalue weighted by molar-refractivity contribution is 5.40. The van der Waals surface area contributed by atoms with Crippen LogP contribution in [0.15, 0.2) is 12.1 Å². The Morgan fingerprint density at radius 2 is 2.00 bits per heavy atom. The SMILES string of the molecule is Cc1cc2c(cc1C(C)C)CCN(CC1(C)COC1)C2. The highest BCUT2D eigenvalue weighted by Crippen LogP contribution is 2.31. The van der Waals surface area contributed by atoms with Gasteiger partial charge in [0.25, 0.3) is 0 Å². The minimum atomic E-state index is 0.393. The van der Waals surface area contributed by atoms with Gasteiger partial charge in [-0.05, 0) is 41.5 Å². The lowest BCUT2D eigenvalue weighted by Gasteiger charge is -2.43. The normalized spacial score (nSPS) is 21.6. The molecule has 1 aromatic carbocycles. The molecule has 0 N–H and O–H groups in total. The zero-order valence-electron chi connectivity index (χ0n) is 13.3. The molecule has 0 atom stereocenters. The quantitative estimate of drug-likeness (QED) is 0.835. The van der Waals surface area contributed by atoms with Crippen LogP contribution in [-0.4, -0.2) is 31.2 Å². The Morgan fingerprint density at radius 3 is 2.60 bits per heavy atom. The molecule has 0 radical (unpaired) electrons. The predicted octanol–water partition coefficient (Wildman–Crippen LogP) is 3.51. The molecule has 20 heavy (non-hydrogen) atoms. The Morgan fingerprint density at radius 1 is 1.25 bits per heavy atom. The topological polar surface area (TPSA) is 12.5 Å². The summed E-state index contributed by atoms with van der Waals surface area (Å²) in [6.07, 6.45) is 1.20. The maximum Gasteiger partial charge on any atom is 0.0554 e. The molecule has 110 valence electrons. The Labute approximate surface area is 123 Å². The third kappa shape index (κ3) is 2.64. The van der Waals surface area contributed by atoms with Crippen molar-refractivity contribution in [2.24, 2.45) is 5.41 Å². The number of nitrogens with zero attached hydrogens (tertiary/aromatic N) is 1. The van der Waals surface area contributed by atoms with E-state index < -0.39 is 0 Å². The van der Waals surface area contributed by atoms with E-state index in [1.807, 2.05) is 0 Å². The van der Waals surface area contributed by atoms with Crippen molar-refractivity contribution < 1.29 is 4.74 Å². The molecule has 0 unspecified atom stereocenters. The van der Waals surface area contributed by atoms with Crippen molar-refractivity contribution in [2.75, 3.05) is 26.3 Å². The number of fused-ring (bicyclic) bond motifs is 1. The second kappa shape index (κ2) is 5.16. The van der Waals surface area contributed by atoms with Gasteiger partial charge < -0.3 is 4.74 Å². The van der Waals surface area contributed by atoms with Gasteiger partial charge in [-0.1, -0.05) is 32.9 Å². The molecule has 2 aliphatic rings. The molecule has 2 heteroatoms. The molecule has 2 nitrogen and oxygen atoms in total. The van der Waals surface area contributed by atoms with Crippen molar-refractivity contribution >= 4 is 0 Å². The summed E-state index contributed by atoms with van der Waals surface area (Å²) >= 11 is 0. The van der Waals surface area contributed by atoms with E-state index in [1.54, 1.807) is 11.1 Å². The summed E-state index contributed by atoms with van der Waals surface area (Å²) in [5.41, 5.74) is 6.49. The van der Waals surface area contributed by atoms with Gasteiger partial charge in [-0.25, -0.2) is 0 Å². The zero-order chi connectivity index (χ0) is 14.3. The summed E-state index contributed by atoms with van der Waals surface area (Å²) in [4.78, 5) is 2.61. The maximum atomic E-state index is 5.38. The third-order valence-corrected chi connectivity index (χ3v) is 4.81. The first-order valence-electron chi connectivity index (χ1n) is 7.89. The molecule has 0 bridgehead atoms. The fourth-order valence-electron chi connectivity index (χ4n) is 3.65. The van der Waals surface area contributed by atoms with E-state index in [0.29, 0.717) is 11.3 Å². The van der Waals surface area contributed by atoms with E-state index in [2.05, 4.69) is 44.7 Å². The van der Waals surface area contributed by atoms with Crippen LogP contribution in [0.4, 0.5) is 0 Å². The van der Waals surface area contributed by atoms with Crippen LogP contribution in [0, 0.1) is 12.3 Å². The van der Waals surface area contributed by atoms with Crippen LogP contribution in [-0.2, 0) is 17.7 Å². The van der Waals surface area contributed by atoms with Crippen LogP contribution in [0.1, 0.15) is 48.9 Å². The molecule has 0 spiro atoms. The van der Waals surface area contributed by atoms with Crippen molar-refractivity contribution in [3.05, 3.63) is 34.4 Å². The smallest absolute Gasteiger partial charge is 0.0554 e. The summed E-state index contributed by atoms with van der Waals surface area (Å²) in [6, 6.07) is 4.89. The molecule has 2 aliphatic heterocycles. The summed E-state index contributed by atoms with van der Waals surface area (Å²) in [5.74, 6) is 0.629. The first-order chi connectivity index (χ1) is 9.47. The lowest BCUT2D eigenvalue weighted by molar-refractivity contribution is -0.116. The standard InChI is InChI=1S/C18H27NO/c1-13(2)17-8-15-5-6-19(9-16(15)7-14(17)3)10-18(4)11-20-12-18/h7-8,13H,5-6,9-12H2,1-4H3. The highest BCUT2D eigenvalue weighted by Gasteiger charge is 2.35. The summed E-state index contributed by atoms with van der Waals surface area (Å²) in [6.45, 7) is 14.5. The van der Waals surface area contributed by atoms with E-state index >= 15 is 0 Å². The number of ether oxygens (including phenoxy) is 1. The minimum absolute atomic E-state index is 0.393. The van der Waals surface area contributed by atoms with E-state index in [-0.39, 0.29) is 0 Å². The van der Waals surface area contributed by atoms with Crippen molar-refractivity contribution in [1.29, 1.82) is 0 Å². The second-order valence-electron chi connectivity index (χ2n) is 7.40. The van der Waals surface area contributed by atoms with Gasteiger partial charge in [0, 0.05) is 25.0 Å². The van der Waals surface area contributed by atoms with Crippen LogP contribution in [0.3, 0.4) is 0 Å². The van der Waals surface area contributed by atoms with Gasteiger partial charge in [-0.3, -0.25) is 4.90 Å². The minimum Gasteiger partial charge on any atom is -0.380 e. The molecule has 3 rings (SSSR count). The molecule has 0 aromatic heterocycles. The average Bonchev–Trinajstić information content (AvgIpc) is 2.35. The lowest BCUT2D eigenvalue weighted by Crippen LogP contribution is -2.49. The molecule has 1 saturated heterocycles. The van der Waals surface area contributed by atoms with Crippen LogP contribution < -0.4 is 0 Å². The van der Waals surface area contributed by atoms with Crippen LogP contribution >= 0.6 is 0 Å². The monoisotopic (exact) mass is 273 g/mol. The number of benzene rings is 1. The second-order valence-corrected chi connectivity index (χ2v) is 7.40. The van der Waals surface area contributed by atoms with E-state index in [9.17, 15) is 0 Å². The highest BCUT2D eigenvalue weighted by atomic mass is 16.5. The number of hydrogen-bond acceptors (Lipinski definition) is 2. The van der Waals surface area contributed by atoms with Gasteiger partial charge in [0.1, 0.15) is 0 Å². The molecule has 1 aromatic rings. The van der Waals surface area contributed by atoms with Crippen molar-refractivity contribution in [3.8, 4) is 0 Å². The van der Waals surface area contributed by atoms with Crippen LogP contribution in [0.5, 0.6) is 0 Å². The molecule has 0 amide bonds. The molecule has 2 heterocycles. The van der Waals surface area contributed by atoms with E-state index in [0.717, 1.165) is 19.8 Å². The Balaban J connectivity index is 1.76. The predicted molar refractivity (Wildman–Crippen MR) is 83.2 cm³/mol. The Hall–Kier alpha value is -0.860. The largest absolute Gasteiger partial charge is 0.380 e. The zero-order valence-corrected chi connectivity index (χ0v) is 13.3. The first kappa shape index (κ1) is 14.1. The van der Waals surface area contributed by atoms with E-state index in [1.165, 1.54) is 30.6 Å². The van der Waals surface area contributed by atoms with Crippen molar-refractivity contribution in [3.63, 3.8) is 0 Å². The summed E-state index contributed by atoms with van der Waals surface area (Å²) in [7, 11) is 0. The van der Waals surface area contributed by atoms with Gasteiger partial charge >= 0.3 is 0 Å². The van der Waals surface area contributed by atoms with E-state index in [4.69, 9.17) is 4.74 Å². The number of hydrogen-bond donors (Lipinski definition) is 0. The molecule has 1 fully saturated rings.